The van der Waals surface area contributed by atoms with Crippen LogP contribution in [0.3, 0.4) is 0 Å². The lowest BCUT2D eigenvalue weighted by Crippen LogP contribution is -2.22. The van der Waals surface area contributed by atoms with Crippen LogP contribution in [-0.4, -0.2) is 22.8 Å². The van der Waals surface area contributed by atoms with Crippen molar-refractivity contribution >= 4 is 0 Å². The maximum Gasteiger partial charge on any atom is 0.0431 e. The Morgan fingerprint density at radius 3 is 2.89 bits per heavy atom. The van der Waals surface area contributed by atoms with Gasteiger partial charge in [0.15, 0.2) is 0 Å². The largest absolute Gasteiger partial charge is 0.396 e. The fraction of sp³-hybridized carbons (Fsp3) is 0.733. The first kappa shape index (κ1) is 13.6. The van der Waals surface area contributed by atoms with Crippen molar-refractivity contribution in [2.45, 2.75) is 51.6 Å². The molecule has 1 fully saturated rings. The Kier molecular flexibility index (Phi) is 5.26. The summed E-state index contributed by atoms with van der Waals surface area (Å²) in [6.07, 6.45) is 10.4. The van der Waals surface area contributed by atoms with Crippen LogP contribution < -0.4 is 5.32 Å². The molecule has 0 aliphatic heterocycles. The quantitative estimate of drug-likeness (QED) is 0.661. The molecule has 0 radical (unpaired) electrons. The van der Waals surface area contributed by atoms with E-state index < -0.39 is 0 Å². The predicted molar refractivity (Wildman–Crippen MR) is 74.5 cm³/mol. The summed E-state index contributed by atoms with van der Waals surface area (Å²) in [6.45, 7) is 4.62. The molecule has 2 rings (SSSR count). The highest BCUT2D eigenvalue weighted by Crippen LogP contribution is 2.40. The number of rotatable bonds is 9. The lowest BCUT2D eigenvalue weighted by molar-refractivity contribution is 0.282. The number of aliphatic hydroxyl groups excluding tert-OH is 1. The van der Waals surface area contributed by atoms with E-state index in [1.165, 1.54) is 18.4 Å². The van der Waals surface area contributed by atoms with Crippen molar-refractivity contribution in [1.29, 1.82) is 0 Å². The van der Waals surface area contributed by atoms with E-state index in [0.29, 0.717) is 12.6 Å². The van der Waals surface area contributed by atoms with Gasteiger partial charge in [0.1, 0.15) is 0 Å². The van der Waals surface area contributed by atoms with Gasteiger partial charge in [-0.15, -0.1) is 0 Å². The third-order valence-electron chi connectivity index (χ3n) is 3.72. The van der Waals surface area contributed by atoms with Gasteiger partial charge in [-0.2, -0.15) is 0 Å². The topological polar surface area (TPSA) is 37.2 Å². The summed E-state index contributed by atoms with van der Waals surface area (Å²) in [6, 6.07) is 2.83. The molecule has 3 heteroatoms. The molecule has 18 heavy (non-hydrogen) atoms. The van der Waals surface area contributed by atoms with Crippen LogP contribution >= 0.6 is 0 Å². The molecule has 1 heterocycles. The second kappa shape index (κ2) is 6.95. The average Bonchev–Trinajstić information content (AvgIpc) is 3.11. The molecule has 0 amide bonds. The maximum atomic E-state index is 8.75. The van der Waals surface area contributed by atoms with Gasteiger partial charge in [-0.05, 0) is 56.2 Å². The van der Waals surface area contributed by atoms with E-state index in [9.17, 15) is 0 Å². The minimum Gasteiger partial charge on any atom is -0.396 e. The molecule has 1 saturated carbocycles. The summed E-state index contributed by atoms with van der Waals surface area (Å²) in [5.41, 5.74) is 1.45. The number of aliphatic hydroxyl groups is 1. The van der Waals surface area contributed by atoms with Gasteiger partial charge in [-0.3, -0.25) is 0 Å². The summed E-state index contributed by atoms with van der Waals surface area (Å²) in [5, 5.41) is 12.4. The van der Waals surface area contributed by atoms with E-state index in [1.54, 1.807) is 0 Å². The summed E-state index contributed by atoms with van der Waals surface area (Å²) >= 11 is 0. The van der Waals surface area contributed by atoms with E-state index >= 15 is 0 Å². The minimum atomic E-state index is 0.321. The van der Waals surface area contributed by atoms with Gasteiger partial charge in [-0.25, -0.2) is 0 Å². The molecule has 0 aromatic carbocycles. The van der Waals surface area contributed by atoms with Crippen LogP contribution in [0.5, 0.6) is 0 Å². The SMILES string of the molecule is CCNC(c1ccn(CCCCCO)c1)C1CC1. The van der Waals surface area contributed by atoms with Crippen molar-refractivity contribution in [1.82, 2.24) is 9.88 Å². The molecular weight excluding hydrogens is 224 g/mol. The fourth-order valence-electron chi connectivity index (χ4n) is 2.57. The molecule has 102 valence electrons. The predicted octanol–water partition coefficient (Wildman–Crippen LogP) is 2.71. The monoisotopic (exact) mass is 250 g/mol. The van der Waals surface area contributed by atoms with E-state index in [2.05, 4.69) is 35.3 Å². The van der Waals surface area contributed by atoms with Gasteiger partial charge < -0.3 is 15.0 Å². The van der Waals surface area contributed by atoms with Crippen LogP contribution in [0.25, 0.3) is 0 Å². The van der Waals surface area contributed by atoms with Gasteiger partial charge in [0.2, 0.25) is 0 Å². The number of unbranched alkanes of at least 4 members (excludes halogenated alkanes) is 2. The molecule has 1 aromatic rings. The standard InChI is InChI=1S/C15H26N2O/c1-2-16-15(13-6-7-13)14-8-10-17(12-14)9-4-3-5-11-18/h8,10,12-13,15-16,18H,2-7,9,11H2,1H3. The van der Waals surface area contributed by atoms with Crippen molar-refractivity contribution in [3.63, 3.8) is 0 Å². The van der Waals surface area contributed by atoms with Gasteiger partial charge in [0.25, 0.3) is 0 Å². The van der Waals surface area contributed by atoms with Crippen LogP contribution in [0.2, 0.25) is 0 Å². The Balaban J connectivity index is 1.83. The molecule has 0 saturated heterocycles. The van der Waals surface area contributed by atoms with Crippen LogP contribution in [0.15, 0.2) is 18.5 Å². The molecule has 3 nitrogen and oxygen atoms in total. The number of nitrogens with one attached hydrogen (secondary N) is 1. The highest BCUT2D eigenvalue weighted by atomic mass is 16.2. The number of aryl methyl sites for hydroxylation is 1. The highest BCUT2D eigenvalue weighted by molar-refractivity contribution is 5.18. The Hall–Kier alpha value is -0.800. The first-order chi connectivity index (χ1) is 8.85. The average molecular weight is 250 g/mol. The van der Waals surface area contributed by atoms with Crippen LogP contribution in [0, 0.1) is 5.92 Å². The van der Waals surface area contributed by atoms with E-state index in [0.717, 1.165) is 38.3 Å². The van der Waals surface area contributed by atoms with Crippen molar-refractivity contribution in [3.05, 3.63) is 24.0 Å². The van der Waals surface area contributed by atoms with E-state index in [1.807, 2.05) is 0 Å². The Morgan fingerprint density at radius 2 is 2.22 bits per heavy atom. The zero-order valence-corrected chi connectivity index (χ0v) is 11.4. The van der Waals surface area contributed by atoms with Crippen LogP contribution in [0.1, 0.15) is 50.6 Å². The summed E-state index contributed by atoms with van der Waals surface area (Å²) < 4.78 is 2.29. The van der Waals surface area contributed by atoms with Crippen molar-refractivity contribution in [2.24, 2.45) is 5.92 Å². The molecule has 1 aliphatic rings. The normalized spacial score (nSPS) is 17.0. The number of aromatic nitrogens is 1. The van der Waals surface area contributed by atoms with Crippen LogP contribution in [-0.2, 0) is 6.54 Å². The van der Waals surface area contributed by atoms with Gasteiger partial charge in [-0.1, -0.05) is 6.92 Å². The second-order valence-electron chi connectivity index (χ2n) is 5.34. The number of hydrogen-bond acceptors (Lipinski definition) is 2. The highest BCUT2D eigenvalue weighted by Gasteiger charge is 2.31. The van der Waals surface area contributed by atoms with Gasteiger partial charge in [0, 0.05) is 31.6 Å². The molecule has 0 bridgehead atoms. The lowest BCUT2D eigenvalue weighted by atomic mass is 10.1. The van der Waals surface area contributed by atoms with Crippen molar-refractivity contribution in [3.8, 4) is 0 Å². The van der Waals surface area contributed by atoms with E-state index in [-0.39, 0.29) is 0 Å². The summed E-state index contributed by atoms with van der Waals surface area (Å²) in [7, 11) is 0. The molecule has 1 aromatic heterocycles. The molecule has 1 aliphatic carbocycles. The Bertz CT molecular complexity index is 344. The third kappa shape index (κ3) is 3.85. The van der Waals surface area contributed by atoms with Crippen molar-refractivity contribution in [2.75, 3.05) is 13.2 Å². The summed E-state index contributed by atoms with van der Waals surface area (Å²) in [4.78, 5) is 0. The Labute approximate surface area is 110 Å². The molecule has 2 N–H and O–H groups in total. The summed E-state index contributed by atoms with van der Waals surface area (Å²) in [5.74, 6) is 0.857. The smallest absolute Gasteiger partial charge is 0.0431 e. The zero-order valence-electron chi connectivity index (χ0n) is 11.4. The van der Waals surface area contributed by atoms with Crippen LogP contribution in [0.4, 0.5) is 0 Å². The third-order valence-corrected chi connectivity index (χ3v) is 3.72. The fourth-order valence-corrected chi connectivity index (χ4v) is 2.57. The zero-order chi connectivity index (χ0) is 12.8. The minimum absolute atomic E-state index is 0.321. The first-order valence-corrected chi connectivity index (χ1v) is 7.35. The molecule has 1 unspecified atom stereocenters. The van der Waals surface area contributed by atoms with Gasteiger partial charge >= 0.3 is 0 Å². The van der Waals surface area contributed by atoms with E-state index in [4.69, 9.17) is 5.11 Å². The lowest BCUT2D eigenvalue weighted by Gasteiger charge is -2.15. The van der Waals surface area contributed by atoms with Gasteiger partial charge in [0.05, 0.1) is 0 Å². The maximum absolute atomic E-state index is 8.75. The second-order valence-corrected chi connectivity index (χ2v) is 5.34. The first-order valence-electron chi connectivity index (χ1n) is 7.35. The number of nitrogens with zero attached hydrogens (tertiary/aromatic N) is 1. The van der Waals surface area contributed by atoms with Crippen molar-refractivity contribution < 1.29 is 5.11 Å². The Morgan fingerprint density at radius 1 is 1.39 bits per heavy atom. The molecule has 1 atom stereocenters. The molecular formula is C15H26N2O. The number of hydrogen-bond donors (Lipinski definition) is 2. The molecule has 0 spiro atoms.